The number of rotatable bonds is 4. The fraction of sp³-hybridized carbons (Fsp3) is 0.333. The summed E-state index contributed by atoms with van der Waals surface area (Å²) in [5, 5.41) is 9.69. The highest BCUT2D eigenvalue weighted by Crippen LogP contribution is 2.14. The van der Waals surface area contributed by atoms with Gasteiger partial charge in [-0.15, -0.1) is 0 Å². The number of hydrogen-bond acceptors (Lipinski definition) is 4. The molecule has 0 bridgehead atoms. The molecule has 1 aromatic carbocycles. The Morgan fingerprint density at radius 2 is 1.85 bits per heavy atom. The molecule has 7 nitrogen and oxygen atoms in total. The lowest BCUT2D eigenvalue weighted by Gasteiger charge is -2.32. The zero-order valence-corrected chi connectivity index (χ0v) is 14.8. The zero-order valence-electron chi connectivity index (χ0n) is 14.1. The van der Waals surface area contributed by atoms with E-state index in [0.717, 1.165) is 5.56 Å². The van der Waals surface area contributed by atoms with Gasteiger partial charge in [-0.3, -0.25) is 14.4 Å². The van der Waals surface area contributed by atoms with E-state index in [9.17, 15) is 14.4 Å². The van der Waals surface area contributed by atoms with Crippen LogP contribution in [0, 0.1) is 0 Å². The molecule has 0 radical (unpaired) electrons. The summed E-state index contributed by atoms with van der Waals surface area (Å²) in [4.78, 5) is 37.2. The molecule has 0 spiro atoms. The third-order valence-corrected chi connectivity index (χ3v) is 4.58. The molecule has 8 heteroatoms. The largest absolute Gasteiger partial charge is 0.353 e. The van der Waals surface area contributed by atoms with Crippen molar-refractivity contribution >= 4 is 23.4 Å². The van der Waals surface area contributed by atoms with Crippen molar-refractivity contribution < 1.29 is 9.59 Å². The number of nitrogens with zero attached hydrogens (tertiary/aromatic N) is 2. The lowest BCUT2D eigenvalue weighted by atomic mass is 10.0. The molecule has 0 atom stereocenters. The maximum atomic E-state index is 12.4. The molecule has 0 aliphatic carbocycles. The minimum atomic E-state index is -0.344. The fourth-order valence-electron chi connectivity index (χ4n) is 2.92. The highest BCUT2D eigenvalue weighted by Gasteiger charge is 2.25. The summed E-state index contributed by atoms with van der Waals surface area (Å²) < 4.78 is 0. The van der Waals surface area contributed by atoms with Crippen molar-refractivity contribution in [1.82, 2.24) is 20.4 Å². The topological polar surface area (TPSA) is 95.2 Å². The van der Waals surface area contributed by atoms with Gasteiger partial charge in [0.1, 0.15) is 5.69 Å². The zero-order chi connectivity index (χ0) is 18.5. The number of aromatic nitrogens is 2. The monoisotopic (exact) mass is 374 g/mol. The van der Waals surface area contributed by atoms with Crippen molar-refractivity contribution in [2.45, 2.75) is 25.3 Å². The number of carbonyl (C=O) groups is 2. The first-order valence-electron chi connectivity index (χ1n) is 8.40. The number of halogens is 1. The minimum Gasteiger partial charge on any atom is -0.353 e. The normalized spacial score (nSPS) is 14.9. The Labute approximate surface area is 155 Å². The van der Waals surface area contributed by atoms with Crippen molar-refractivity contribution in [2.75, 3.05) is 13.1 Å². The lowest BCUT2D eigenvalue weighted by molar-refractivity contribution is -0.121. The number of piperidine rings is 1. The average molecular weight is 375 g/mol. The van der Waals surface area contributed by atoms with Gasteiger partial charge in [-0.05, 0) is 36.6 Å². The lowest BCUT2D eigenvalue weighted by Crippen LogP contribution is -2.47. The van der Waals surface area contributed by atoms with Gasteiger partial charge < -0.3 is 10.2 Å². The van der Waals surface area contributed by atoms with E-state index in [0.29, 0.717) is 37.4 Å². The highest BCUT2D eigenvalue weighted by molar-refractivity contribution is 6.30. The second-order valence-corrected chi connectivity index (χ2v) is 6.68. The average Bonchev–Trinajstić information content (AvgIpc) is 2.64. The highest BCUT2D eigenvalue weighted by atomic mass is 35.5. The van der Waals surface area contributed by atoms with Crippen LogP contribution in [-0.4, -0.2) is 46.0 Å². The smallest absolute Gasteiger partial charge is 0.274 e. The second-order valence-electron chi connectivity index (χ2n) is 6.24. The first kappa shape index (κ1) is 18.1. The van der Waals surface area contributed by atoms with E-state index in [1.54, 1.807) is 17.0 Å². The van der Waals surface area contributed by atoms with Crippen LogP contribution in [0.25, 0.3) is 0 Å². The standard InChI is InChI=1S/C18H19ClN4O3/c19-13-3-1-12(2-4-13)11-17(25)20-14-7-9-23(10-8-14)18(26)15-5-6-16(24)22-21-15/h1-6,14H,7-11H2,(H,20,25)(H,22,24). The van der Waals surface area contributed by atoms with Gasteiger partial charge in [0.05, 0.1) is 6.42 Å². The Balaban J connectivity index is 1.48. The van der Waals surface area contributed by atoms with Crippen LogP contribution in [-0.2, 0) is 11.2 Å². The van der Waals surface area contributed by atoms with Crippen LogP contribution in [0.1, 0.15) is 28.9 Å². The number of likely N-dealkylation sites (tertiary alicyclic amines) is 1. The molecule has 2 amide bonds. The molecule has 0 saturated carbocycles. The quantitative estimate of drug-likeness (QED) is 0.845. The summed E-state index contributed by atoms with van der Waals surface area (Å²) in [6.07, 6.45) is 1.67. The van der Waals surface area contributed by atoms with Crippen LogP contribution in [0.5, 0.6) is 0 Å². The first-order valence-corrected chi connectivity index (χ1v) is 8.78. The number of nitrogens with one attached hydrogen (secondary N) is 2. The fourth-order valence-corrected chi connectivity index (χ4v) is 3.04. The van der Waals surface area contributed by atoms with Gasteiger partial charge in [0.2, 0.25) is 5.91 Å². The Morgan fingerprint density at radius 3 is 2.46 bits per heavy atom. The minimum absolute atomic E-state index is 0.0422. The van der Waals surface area contributed by atoms with Gasteiger partial charge in [-0.25, -0.2) is 5.10 Å². The molecule has 3 rings (SSSR count). The van der Waals surface area contributed by atoms with Crippen molar-refractivity contribution in [3.8, 4) is 0 Å². The first-order chi connectivity index (χ1) is 12.5. The SMILES string of the molecule is O=C(Cc1ccc(Cl)cc1)NC1CCN(C(=O)c2ccc(=O)[nH]n2)CC1. The van der Waals surface area contributed by atoms with Gasteiger partial charge in [0, 0.05) is 30.2 Å². The maximum Gasteiger partial charge on any atom is 0.274 e. The molecule has 0 unspecified atom stereocenters. The van der Waals surface area contributed by atoms with Crippen molar-refractivity contribution in [3.05, 3.63) is 63.0 Å². The Morgan fingerprint density at radius 1 is 1.15 bits per heavy atom. The van der Waals surface area contributed by atoms with Gasteiger partial charge >= 0.3 is 0 Å². The van der Waals surface area contributed by atoms with Crippen molar-refractivity contribution in [1.29, 1.82) is 0 Å². The number of hydrogen-bond donors (Lipinski definition) is 2. The molecule has 1 aliphatic rings. The third-order valence-electron chi connectivity index (χ3n) is 4.32. The van der Waals surface area contributed by atoms with Crippen molar-refractivity contribution in [3.63, 3.8) is 0 Å². The van der Waals surface area contributed by atoms with Crippen LogP contribution < -0.4 is 10.9 Å². The van der Waals surface area contributed by atoms with E-state index >= 15 is 0 Å². The summed E-state index contributed by atoms with van der Waals surface area (Å²) >= 11 is 5.84. The summed E-state index contributed by atoms with van der Waals surface area (Å²) in [7, 11) is 0. The van der Waals surface area contributed by atoms with E-state index in [2.05, 4.69) is 15.5 Å². The van der Waals surface area contributed by atoms with Gasteiger partial charge in [-0.1, -0.05) is 23.7 Å². The predicted molar refractivity (Wildman–Crippen MR) is 97.1 cm³/mol. The molecular weight excluding hydrogens is 356 g/mol. The van der Waals surface area contributed by atoms with Gasteiger partial charge in [0.15, 0.2) is 0 Å². The molecule has 1 fully saturated rings. The molecule has 1 saturated heterocycles. The van der Waals surface area contributed by atoms with Crippen LogP contribution in [0.3, 0.4) is 0 Å². The predicted octanol–water partition coefficient (Wildman–Crippen LogP) is 1.39. The molecule has 2 heterocycles. The number of benzene rings is 1. The summed E-state index contributed by atoms with van der Waals surface area (Å²) in [5.41, 5.74) is 0.780. The Bertz CT molecular complexity index is 822. The Kier molecular flexibility index (Phi) is 5.68. The summed E-state index contributed by atoms with van der Waals surface area (Å²) in [6.45, 7) is 1.07. The third kappa shape index (κ3) is 4.70. The summed E-state index contributed by atoms with van der Waals surface area (Å²) in [5.74, 6) is -0.258. The van der Waals surface area contributed by atoms with E-state index in [-0.39, 0.29) is 29.1 Å². The van der Waals surface area contributed by atoms with Crippen LogP contribution >= 0.6 is 11.6 Å². The summed E-state index contributed by atoms with van der Waals surface area (Å²) in [6, 6.07) is 9.94. The number of carbonyl (C=O) groups excluding carboxylic acids is 2. The molecule has 2 N–H and O–H groups in total. The number of H-pyrrole nitrogens is 1. The molecule has 2 aromatic rings. The number of aromatic amines is 1. The molecule has 1 aromatic heterocycles. The van der Waals surface area contributed by atoms with Gasteiger partial charge in [0.25, 0.3) is 11.5 Å². The van der Waals surface area contributed by atoms with Crippen LogP contribution in [0.4, 0.5) is 0 Å². The Hall–Kier alpha value is -2.67. The van der Waals surface area contributed by atoms with E-state index in [1.165, 1.54) is 12.1 Å². The van der Waals surface area contributed by atoms with Crippen LogP contribution in [0.2, 0.25) is 5.02 Å². The molecule has 1 aliphatic heterocycles. The van der Waals surface area contributed by atoms with Crippen LogP contribution in [0.15, 0.2) is 41.2 Å². The molecule has 136 valence electrons. The van der Waals surface area contributed by atoms with E-state index in [4.69, 9.17) is 11.6 Å². The molecule has 26 heavy (non-hydrogen) atoms. The second kappa shape index (κ2) is 8.14. The van der Waals surface area contributed by atoms with E-state index < -0.39 is 0 Å². The van der Waals surface area contributed by atoms with Gasteiger partial charge in [-0.2, -0.15) is 5.10 Å². The number of amides is 2. The van der Waals surface area contributed by atoms with E-state index in [1.807, 2.05) is 12.1 Å². The van der Waals surface area contributed by atoms with Crippen molar-refractivity contribution in [2.24, 2.45) is 0 Å². The maximum absolute atomic E-state index is 12.4. The molecular formula is C18H19ClN4O3.